The summed E-state index contributed by atoms with van der Waals surface area (Å²) >= 11 is 0. The molecule has 0 spiro atoms. The van der Waals surface area contributed by atoms with E-state index in [1.165, 1.54) is 12.1 Å². The Hall–Kier alpha value is -2.91. The van der Waals surface area contributed by atoms with Gasteiger partial charge >= 0.3 is 6.03 Å². The van der Waals surface area contributed by atoms with Gasteiger partial charge in [-0.05, 0) is 42.3 Å². The Balaban J connectivity index is 1.71. The van der Waals surface area contributed by atoms with Gasteiger partial charge in [0.2, 0.25) is 0 Å². The van der Waals surface area contributed by atoms with Crippen LogP contribution in [-0.4, -0.2) is 30.6 Å². The van der Waals surface area contributed by atoms with E-state index in [2.05, 4.69) is 11.4 Å². The number of ether oxygens (including phenoxy) is 1. The van der Waals surface area contributed by atoms with Crippen LogP contribution in [0.2, 0.25) is 0 Å². The molecule has 1 N–H and O–H groups in total. The van der Waals surface area contributed by atoms with Gasteiger partial charge in [0.1, 0.15) is 11.9 Å². The molecule has 128 valence electrons. The van der Waals surface area contributed by atoms with E-state index in [0.29, 0.717) is 36.5 Å². The molecule has 6 heteroatoms. The lowest BCUT2D eigenvalue weighted by Crippen LogP contribution is -2.44. The average Bonchev–Trinajstić information content (AvgIpc) is 2.63. The van der Waals surface area contributed by atoms with Crippen LogP contribution < -0.4 is 5.32 Å². The maximum atomic E-state index is 13.4. The van der Waals surface area contributed by atoms with Crippen molar-refractivity contribution >= 4 is 11.7 Å². The molecule has 1 fully saturated rings. The molecule has 1 saturated heterocycles. The van der Waals surface area contributed by atoms with Gasteiger partial charge in [-0.25, -0.2) is 9.18 Å². The summed E-state index contributed by atoms with van der Waals surface area (Å²) in [6, 6.07) is 13.2. The molecule has 0 aromatic heterocycles. The Morgan fingerprint density at radius 3 is 2.96 bits per heavy atom. The number of hydrogen-bond donors (Lipinski definition) is 1. The molecule has 0 aliphatic carbocycles. The lowest BCUT2D eigenvalue weighted by atomic mass is 10.1. The molecule has 2 amide bonds. The zero-order valence-electron chi connectivity index (χ0n) is 13.8. The van der Waals surface area contributed by atoms with Crippen LogP contribution in [0.15, 0.2) is 42.5 Å². The lowest BCUT2D eigenvalue weighted by molar-refractivity contribution is -0.0136. The summed E-state index contributed by atoms with van der Waals surface area (Å²) in [6.45, 7) is 3.04. The largest absolute Gasteiger partial charge is 0.370 e. The maximum absolute atomic E-state index is 13.4. The van der Waals surface area contributed by atoms with E-state index >= 15 is 0 Å². The Kier molecular flexibility index (Phi) is 4.96. The van der Waals surface area contributed by atoms with Crippen LogP contribution in [0.1, 0.15) is 22.8 Å². The molecule has 3 rings (SSSR count). The number of nitriles is 1. The van der Waals surface area contributed by atoms with Crippen LogP contribution in [0.5, 0.6) is 0 Å². The van der Waals surface area contributed by atoms with Crippen LogP contribution in [0.4, 0.5) is 14.9 Å². The standard InChI is InChI=1S/C19H18FN3O2/c1-13-5-6-14(11-21)9-17(13)22-19(24)23-7-8-25-18(12-23)15-3-2-4-16(20)10-15/h2-6,9-10,18H,7-8,12H2,1H3,(H,22,24)/t18-/m0/s1. The molecule has 0 radical (unpaired) electrons. The SMILES string of the molecule is Cc1ccc(C#N)cc1NC(=O)N1CCO[C@H](c2cccc(F)c2)C1. The van der Waals surface area contributed by atoms with E-state index < -0.39 is 0 Å². The van der Waals surface area contributed by atoms with E-state index in [4.69, 9.17) is 10.00 Å². The van der Waals surface area contributed by atoms with E-state index in [-0.39, 0.29) is 18.0 Å². The second kappa shape index (κ2) is 7.32. The summed E-state index contributed by atoms with van der Waals surface area (Å²) in [7, 11) is 0. The first-order valence-electron chi connectivity index (χ1n) is 8.00. The molecule has 1 aliphatic heterocycles. The van der Waals surface area contributed by atoms with Crippen molar-refractivity contribution in [3.63, 3.8) is 0 Å². The highest BCUT2D eigenvalue weighted by atomic mass is 19.1. The molecule has 2 aromatic rings. The zero-order valence-corrected chi connectivity index (χ0v) is 13.8. The van der Waals surface area contributed by atoms with Gasteiger partial charge in [0, 0.05) is 12.2 Å². The minimum absolute atomic E-state index is 0.261. The highest BCUT2D eigenvalue weighted by Crippen LogP contribution is 2.24. The third-order valence-corrected chi connectivity index (χ3v) is 4.18. The minimum Gasteiger partial charge on any atom is -0.370 e. The molecule has 1 atom stereocenters. The Morgan fingerprint density at radius 2 is 2.20 bits per heavy atom. The number of nitrogens with zero attached hydrogens (tertiary/aromatic N) is 2. The third kappa shape index (κ3) is 3.95. The highest BCUT2D eigenvalue weighted by Gasteiger charge is 2.26. The van der Waals surface area contributed by atoms with Gasteiger partial charge in [-0.2, -0.15) is 5.26 Å². The summed E-state index contributed by atoms with van der Waals surface area (Å²) < 4.78 is 19.1. The molecule has 0 bridgehead atoms. The number of halogens is 1. The van der Waals surface area contributed by atoms with Crippen molar-refractivity contribution < 1.29 is 13.9 Å². The first-order chi connectivity index (χ1) is 12.1. The van der Waals surface area contributed by atoms with Gasteiger partial charge in [0.05, 0.1) is 24.8 Å². The normalized spacial score (nSPS) is 17.0. The van der Waals surface area contributed by atoms with Crippen LogP contribution >= 0.6 is 0 Å². The van der Waals surface area contributed by atoms with Crippen molar-refractivity contribution in [1.29, 1.82) is 5.26 Å². The number of carbonyl (C=O) groups is 1. The molecular formula is C19H18FN3O2. The van der Waals surface area contributed by atoms with Gasteiger partial charge in [0.25, 0.3) is 0 Å². The molecule has 1 aliphatic rings. The zero-order chi connectivity index (χ0) is 17.8. The number of anilines is 1. The minimum atomic E-state index is -0.360. The molecular weight excluding hydrogens is 321 g/mol. The van der Waals surface area contributed by atoms with E-state index in [1.807, 2.05) is 6.92 Å². The second-order valence-corrected chi connectivity index (χ2v) is 5.93. The molecule has 25 heavy (non-hydrogen) atoms. The molecule has 5 nitrogen and oxygen atoms in total. The number of hydrogen-bond acceptors (Lipinski definition) is 3. The van der Waals surface area contributed by atoms with Crippen LogP contribution in [0, 0.1) is 24.1 Å². The van der Waals surface area contributed by atoms with Gasteiger partial charge in [0.15, 0.2) is 0 Å². The fourth-order valence-corrected chi connectivity index (χ4v) is 2.76. The predicted molar refractivity (Wildman–Crippen MR) is 91.6 cm³/mol. The number of urea groups is 1. The van der Waals surface area contributed by atoms with Crippen molar-refractivity contribution in [3.05, 3.63) is 65.0 Å². The second-order valence-electron chi connectivity index (χ2n) is 5.93. The van der Waals surface area contributed by atoms with Gasteiger partial charge in [-0.3, -0.25) is 0 Å². The van der Waals surface area contributed by atoms with Crippen molar-refractivity contribution in [3.8, 4) is 6.07 Å². The van der Waals surface area contributed by atoms with Gasteiger partial charge < -0.3 is 15.0 Å². The summed E-state index contributed by atoms with van der Waals surface area (Å²) in [5, 5.41) is 11.8. The van der Waals surface area contributed by atoms with E-state index in [9.17, 15) is 9.18 Å². The fraction of sp³-hybridized carbons (Fsp3) is 0.263. The Labute approximate surface area is 145 Å². The van der Waals surface area contributed by atoms with E-state index in [1.54, 1.807) is 35.2 Å². The summed E-state index contributed by atoms with van der Waals surface area (Å²) in [5.41, 5.74) is 2.68. The number of morpholine rings is 1. The average molecular weight is 339 g/mol. The van der Waals surface area contributed by atoms with Gasteiger partial charge in [-0.15, -0.1) is 0 Å². The number of amides is 2. The van der Waals surface area contributed by atoms with Gasteiger partial charge in [-0.1, -0.05) is 18.2 Å². The van der Waals surface area contributed by atoms with E-state index in [0.717, 1.165) is 5.56 Å². The smallest absolute Gasteiger partial charge is 0.322 e. The number of carbonyl (C=O) groups excluding carboxylic acids is 1. The molecule has 1 heterocycles. The number of benzene rings is 2. The van der Waals surface area contributed by atoms with Crippen molar-refractivity contribution in [2.75, 3.05) is 25.0 Å². The van der Waals surface area contributed by atoms with Crippen molar-refractivity contribution in [2.24, 2.45) is 0 Å². The molecule has 0 saturated carbocycles. The Bertz CT molecular complexity index is 832. The quantitative estimate of drug-likeness (QED) is 0.909. The molecule has 2 aromatic carbocycles. The number of rotatable bonds is 2. The molecule has 0 unspecified atom stereocenters. The third-order valence-electron chi connectivity index (χ3n) is 4.18. The fourth-order valence-electron chi connectivity index (χ4n) is 2.76. The first-order valence-corrected chi connectivity index (χ1v) is 8.00. The highest BCUT2D eigenvalue weighted by molar-refractivity contribution is 5.90. The number of nitrogens with one attached hydrogen (secondary N) is 1. The maximum Gasteiger partial charge on any atom is 0.322 e. The van der Waals surface area contributed by atoms with Crippen molar-refractivity contribution in [2.45, 2.75) is 13.0 Å². The first kappa shape index (κ1) is 16.9. The lowest BCUT2D eigenvalue weighted by Gasteiger charge is -2.33. The Morgan fingerprint density at radius 1 is 1.36 bits per heavy atom. The summed E-state index contributed by atoms with van der Waals surface area (Å²) in [5.74, 6) is -0.327. The summed E-state index contributed by atoms with van der Waals surface area (Å²) in [4.78, 5) is 14.2. The van der Waals surface area contributed by atoms with Crippen LogP contribution in [0.3, 0.4) is 0 Å². The monoisotopic (exact) mass is 339 g/mol. The van der Waals surface area contributed by atoms with Crippen molar-refractivity contribution in [1.82, 2.24) is 4.90 Å². The van der Waals surface area contributed by atoms with Crippen LogP contribution in [0.25, 0.3) is 0 Å². The topological polar surface area (TPSA) is 65.4 Å². The predicted octanol–water partition coefficient (Wildman–Crippen LogP) is 3.61. The van der Waals surface area contributed by atoms with Crippen LogP contribution in [-0.2, 0) is 4.74 Å². The summed E-state index contributed by atoms with van der Waals surface area (Å²) in [6.07, 6.45) is -0.360. The number of aryl methyl sites for hydroxylation is 1.